The molecule has 0 saturated carbocycles. The van der Waals surface area contributed by atoms with Crippen molar-refractivity contribution in [3.05, 3.63) is 33.8 Å². The molecule has 0 aromatic heterocycles. The average Bonchev–Trinajstić information content (AvgIpc) is 2.24. The molecule has 1 aliphatic heterocycles. The summed E-state index contributed by atoms with van der Waals surface area (Å²) in [4.78, 5) is 0. The molecule has 1 aliphatic rings. The van der Waals surface area contributed by atoms with Crippen molar-refractivity contribution in [2.75, 3.05) is 13.1 Å². The average molecular weight is 276 g/mol. The second-order valence-electron chi connectivity index (χ2n) is 3.82. The summed E-state index contributed by atoms with van der Waals surface area (Å²) in [6, 6.07) is 2.48. The van der Waals surface area contributed by atoms with Gasteiger partial charge >= 0.3 is 0 Å². The summed E-state index contributed by atoms with van der Waals surface area (Å²) in [5, 5.41) is 3.21. The van der Waals surface area contributed by atoms with Crippen LogP contribution in [0.2, 0.25) is 0 Å². The Morgan fingerprint density at radius 3 is 2.53 bits per heavy atom. The molecule has 0 unspecified atom stereocenters. The first kappa shape index (κ1) is 11.0. The number of rotatable bonds is 1. The van der Waals surface area contributed by atoms with Crippen molar-refractivity contribution in [2.45, 2.75) is 18.8 Å². The van der Waals surface area contributed by atoms with E-state index in [0.717, 1.165) is 25.9 Å². The van der Waals surface area contributed by atoms with Crippen LogP contribution < -0.4 is 5.32 Å². The predicted molar refractivity (Wildman–Crippen MR) is 58.9 cm³/mol. The van der Waals surface area contributed by atoms with Crippen molar-refractivity contribution in [1.29, 1.82) is 0 Å². The van der Waals surface area contributed by atoms with Gasteiger partial charge in [0, 0.05) is 0 Å². The Bertz CT molecular complexity index is 362. The molecule has 15 heavy (non-hydrogen) atoms. The fourth-order valence-corrected chi connectivity index (χ4v) is 2.45. The van der Waals surface area contributed by atoms with Crippen LogP contribution in [0.3, 0.4) is 0 Å². The summed E-state index contributed by atoms with van der Waals surface area (Å²) in [5.74, 6) is -0.557. The Balaban J connectivity index is 2.33. The Morgan fingerprint density at radius 1 is 1.20 bits per heavy atom. The van der Waals surface area contributed by atoms with Gasteiger partial charge < -0.3 is 5.32 Å². The van der Waals surface area contributed by atoms with Crippen molar-refractivity contribution in [1.82, 2.24) is 5.32 Å². The monoisotopic (exact) mass is 275 g/mol. The summed E-state index contributed by atoms with van der Waals surface area (Å²) in [7, 11) is 0. The van der Waals surface area contributed by atoms with Crippen molar-refractivity contribution in [3.63, 3.8) is 0 Å². The highest BCUT2D eigenvalue weighted by atomic mass is 79.9. The maximum absolute atomic E-state index is 13.7. The van der Waals surface area contributed by atoms with Gasteiger partial charge in [-0.2, -0.15) is 0 Å². The lowest BCUT2D eigenvalue weighted by Crippen LogP contribution is -2.27. The molecule has 1 aromatic rings. The van der Waals surface area contributed by atoms with Crippen LogP contribution in [-0.4, -0.2) is 13.1 Å². The SMILES string of the molecule is Fc1cc(Br)c(F)c(C2CCNCC2)c1. The highest BCUT2D eigenvalue weighted by Crippen LogP contribution is 2.31. The smallest absolute Gasteiger partial charge is 0.141 e. The van der Waals surface area contributed by atoms with E-state index in [2.05, 4.69) is 21.2 Å². The Labute approximate surface area is 96.0 Å². The van der Waals surface area contributed by atoms with E-state index in [-0.39, 0.29) is 22.0 Å². The first-order valence-electron chi connectivity index (χ1n) is 5.03. The van der Waals surface area contributed by atoms with Crippen molar-refractivity contribution in [3.8, 4) is 0 Å². The molecule has 1 aromatic carbocycles. The minimum Gasteiger partial charge on any atom is -0.317 e. The normalized spacial score (nSPS) is 18.1. The van der Waals surface area contributed by atoms with Crippen LogP contribution in [0, 0.1) is 11.6 Å². The molecule has 1 nitrogen and oxygen atoms in total. The second-order valence-corrected chi connectivity index (χ2v) is 4.67. The molecule has 0 radical (unpaired) electrons. The molecule has 1 N–H and O–H groups in total. The fourth-order valence-electron chi connectivity index (χ4n) is 2.01. The number of piperidine rings is 1. The van der Waals surface area contributed by atoms with Crippen molar-refractivity contribution >= 4 is 15.9 Å². The van der Waals surface area contributed by atoms with Crippen LogP contribution in [0.4, 0.5) is 8.78 Å². The van der Waals surface area contributed by atoms with Gasteiger partial charge in [0.1, 0.15) is 11.6 Å². The molecule has 0 spiro atoms. The van der Waals surface area contributed by atoms with Crippen LogP contribution in [0.25, 0.3) is 0 Å². The number of hydrogen-bond donors (Lipinski definition) is 1. The largest absolute Gasteiger partial charge is 0.317 e. The first-order valence-corrected chi connectivity index (χ1v) is 5.83. The Morgan fingerprint density at radius 2 is 1.87 bits per heavy atom. The third-order valence-electron chi connectivity index (χ3n) is 2.80. The first-order chi connectivity index (χ1) is 7.18. The summed E-state index contributed by atoms with van der Waals surface area (Å²) in [6.45, 7) is 1.75. The van der Waals surface area contributed by atoms with E-state index >= 15 is 0 Å². The molecular formula is C11H12BrF2N. The zero-order chi connectivity index (χ0) is 10.8. The van der Waals surface area contributed by atoms with Crippen molar-refractivity contribution < 1.29 is 8.78 Å². The third kappa shape index (κ3) is 2.37. The van der Waals surface area contributed by atoms with Crippen LogP contribution >= 0.6 is 15.9 Å². The lowest BCUT2D eigenvalue weighted by molar-refractivity contribution is 0.441. The van der Waals surface area contributed by atoms with Crippen LogP contribution in [0.1, 0.15) is 24.3 Å². The van der Waals surface area contributed by atoms with Gasteiger partial charge in [-0.1, -0.05) is 0 Å². The second kappa shape index (κ2) is 4.58. The summed E-state index contributed by atoms with van der Waals surface area (Å²) in [5.41, 5.74) is 0.503. The third-order valence-corrected chi connectivity index (χ3v) is 3.38. The number of halogens is 3. The molecule has 0 atom stereocenters. The molecule has 2 rings (SSSR count). The molecular weight excluding hydrogens is 264 g/mol. The molecule has 1 saturated heterocycles. The van der Waals surface area contributed by atoms with Gasteiger partial charge in [-0.05, 0) is 65.5 Å². The van der Waals surface area contributed by atoms with Crippen LogP contribution in [-0.2, 0) is 0 Å². The standard InChI is InChI=1S/C11H12BrF2N/c12-10-6-8(13)5-9(11(10)14)7-1-3-15-4-2-7/h5-7,15H,1-4H2. The van der Waals surface area contributed by atoms with E-state index in [4.69, 9.17) is 0 Å². The maximum atomic E-state index is 13.7. The van der Waals surface area contributed by atoms with E-state index in [1.54, 1.807) is 0 Å². The summed E-state index contributed by atoms with van der Waals surface area (Å²) in [6.07, 6.45) is 1.74. The predicted octanol–water partition coefficient (Wildman–Crippen LogP) is 3.19. The van der Waals surface area contributed by atoms with Gasteiger partial charge in [-0.25, -0.2) is 8.78 Å². The molecule has 0 aliphatic carbocycles. The molecule has 0 bridgehead atoms. The van der Waals surface area contributed by atoms with Crippen LogP contribution in [0.15, 0.2) is 16.6 Å². The van der Waals surface area contributed by atoms with Gasteiger partial charge in [0.2, 0.25) is 0 Å². The van der Waals surface area contributed by atoms with E-state index in [9.17, 15) is 8.78 Å². The topological polar surface area (TPSA) is 12.0 Å². The minimum atomic E-state index is -0.378. The number of nitrogens with one attached hydrogen (secondary N) is 1. The molecule has 1 heterocycles. The highest BCUT2D eigenvalue weighted by molar-refractivity contribution is 9.10. The van der Waals surface area contributed by atoms with Gasteiger partial charge in [0.05, 0.1) is 4.47 Å². The number of hydrogen-bond acceptors (Lipinski definition) is 1. The Hall–Kier alpha value is -0.480. The van der Waals surface area contributed by atoms with Crippen LogP contribution in [0.5, 0.6) is 0 Å². The molecule has 82 valence electrons. The van der Waals surface area contributed by atoms with Crippen molar-refractivity contribution in [2.24, 2.45) is 0 Å². The van der Waals surface area contributed by atoms with Gasteiger partial charge in [0.15, 0.2) is 0 Å². The Kier molecular flexibility index (Phi) is 3.36. The van der Waals surface area contributed by atoms with Gasteiger partial charge in [-0.3, -0.25) is 0 Å². The fraction of sp³-hybridized carbons (Fsp3) is 0.455. The van der Waals surface area contributed by atoms with E-state index in [1.807, 2.05) is 0 Å². The molecule has 4 heteroatoms. The summed E-state index contributed by atoms with van der Waals surface area (Å²) >= 11 is 3.03. The lowest BCUT2D eigenvalue weighted by atomic mass is 9.90. The maximum Gasteiger partial charge on any atom is 0.141 e. The van der Waals surface area contributed by atoms with E-state index in [0.29, 0.717) is 5.56 Å². The summed E-state index contributed by atoms with van der Waals surface area (Å²) < 4.78 is 27.1. The zero-order valence-electron chi connectivity index (χ0n) is 8.19. The highest BCUT2D eigenvalue weighted by Gasteiger charge is 2.20. The molecule has 1 fully saturated rings. The van der Waals surface area contributed by atoms with E-state index < -0.39 is 0 Å². The van der Waals surface area contributed by atoms with Gasteiger partial charge in [-0.15, -0.1) is 0 Å². The lowest BCUT2D eigenvalue weighted by Gasteiger charge is -2.23. The van der Waals surface area contributed by atoms with Gasteiger partial charge in [0.25, 0.3) is 0 Å². The molecule has 0 amide bonds. The minimum absolute atomic E-state index is 0.137. The zero-order valence-corrected chi connectivity index (χ0v) is 9.78. The number of benzene rings is 1. The van der Waals surface area contributed by atoms with E-state index in [1.165, 1.54) is 12.1 Å². The quantitative estimate of drug-likeness (QED) is 0.777.